The maximum Gasteiger partial charge on any atom is 0.180 e. The summed E-state index contributed by atoms with van der Waals surface area (Å²) in [5.41, 5.74) is 1.37. The predicted octanol–water partition coefficient (Wildman–Crippen LogP) is 1.11. The van der Waals surface area contributed by atoms with Crippen LogP contribution in [0.4, 0.5) is 0 Å². The number of hydrogen-bond donors (Lipinski definition) is 2. The van der Waals surface area contributed by atoms with Crippen LogP contribution in [0.15, 0.2) is 24.3 Å². The first-order chi connectivity index (χ1) is 7.33. The van der Waals surface area contributed by atoms with E-state index in [2.05, 4.69) is 5.32 Å². The van der Waals surface area contributed by atoms with E-state index in [1.54, 1.807) is 12.1 Å². The summed E-state index contributed by atoms with van der Waals surface area (Å²) in [5, 5.41) is 12.3. The monoisotopic (exact) mass is 205 g/mol. The van der Waals surface area contributed by atoms with Crippen LogP contribution < -0.4 is 5.32 Å². The third kappa shape index (κ3) is 2.08. The van der Waals surface area contributed by atoms with Crippen LogP contribution in [0.5, 0.6) is 0 Å². The molecular weight excluding hydrogens is 190 g/mol. The molecule has 1 atom stereocenters. The Balaban J connectivity index is 2.24. The molecule has 0 aliphatic carbocycles. The van der Waals surface area contributed by atoms with Gasteiger partial charge in [0.1, 0.15) is 0 Å². The number of aliphatic hydroxyl groups excluding tert-OH is 1. The number of ketones is 1. The number of carbonyl (C=O) groups excluding carboxylic acids is 1. The quantitative estimate of drug-likeness (QED) is 0.727. The first-order valence-electron chi connectivity index (χ1n) is 5.29. The average Bonchev–Trinajstić information content (AvgIpc) is 2.81. The van der Waals surface area contributed by atoms with E-state index in [0.29, 0.717) is 5.56 Å². The molecule has 0 amide bonds. The number of benzene rings is 1. The molecule has 0 bridgehead atoms. The number of carbonyl (C=O) groups is 1. The maximum atomic E-state index is 12.1. The Labute approximate surface area is 89.1 Å². The van der Waals surface area contributed by atoms with Crippen LogP contribution in [-0.4, -0.2) is 23.5 Å². The molecule has 1 aliphatic heterocycles. The van der Waals surface area contributed by atoms with Crippen molar-refractivity contribution in [3.8, 4) is 0 Å². The van der Waals surface area contributed by atoms with Crippen molar-refractivity contribution < 1.29 is 9.90 Å². The molecule has 1 fully saturated rings. The van der Waals surface area contributed by atoms with E-state index in [0.717, 1.165) is 24.9 Å². The standard InChI is InChI=1S/C12H15NO2/c14-8-9-4-1-2-5-10(9)12(15)11-6-3-7-13-11/h1-2,4-5,11,13-14H,3,6-8H2/t11-/m0/s1. The third-order valence-electron chi connectivity index (χ3n) is 2.83. The summed E-state index contributed by atoms with van der Waals surface area (Å²) in [6.45, 7) is 0.840. The molecule has 2 N–H and O–H groups in total. The van der Waals surface area contributed by atoms with E-state index in [4.69, 9.17) is 5.11 Å². The number of aliphatic hydroxyl groups is 1. The molecule has 1 aromatic rings. The second-order valence-electron chi connectivity index (χ2n) is 3.83. The van der Waals surface area contributed by atoms with Crippen LogP contribution in [-0.2, 0) is 6.61 Å². The molecule has 1 aliphatic rings. The third-order valence-corrected chi connectivity index (χ3v) is 2.83. The van der Waals surface area contributed by atoms with Gasteiger partial charge in [0, 0.05) is 5.56 Å². The van der Waals surface area contributed by atoms with Crippen molar-refractivity contribution in [1.82, 2.24) is 5.32 Å². The normalized spacial score (nSPS) is 20.5. The molecule has 0 radical (unpaired) electrons. The largest absolute Gasteiger partial charge is 0.392 e. The van der Waals surface area contributed by atoms with Crippen molar-refractivity contribution in [2.24, 2.45) is 0 Å². The Morgan fingerprint density at radius 3 is 2.93 bits per heavy atom. The molecule has 0 aromatic heterocycles. The minimum absolute atomic E-state index is 0.0577. The smallest absolute Gasteiger partial charge is 0.180 e. The summed E-state index contributed by atoms with van der Waals surface area (Å²) >= 11 is 0. The lowest BCUT2D eigenvalue weighted by molar-refractivity contribution is 0.0949. The van der Waals surface area contributed by atoms with Crippen LogP contribution in [0, 0.1) is 0 Å². The highest BCUT2D eigenvalue weighted by Crippen LogP contribution is 2.16. The molecule has 1 heterocycles. The summed E-state index contributed by atoms with van der Waals surface area (Å²) in [5.74, 6) is 0.108. The van der Waals surface area contributed by atoms with Crippen molar-refractivity contribution in [1.29, 1.82) is 0 Å². The van der Waals surface area contributed by atoms with E-state index in [9.17, 15) is 4.79 Å². The summed E-state index contributed by atoms with van der Waals surface area (Å²) in [4.78, 5) is 12.1. The Bertz CT molecular complexity index is 356. The average molecular weight is 205 g/mol. The fourth-order valence-corrected chi connectivity index (χ4v) is 1.99. The molecule has 0 spiro atoms. The lowest BCUT2D eigenvalue weighted by Crippen LogP contribution is -2.31. The lowest BCUT2D eigenvalue weighted by atomic mass is 9.98. The summed E-state index contributed by atoms with van der Waals surface area (Å²) in [6, 6.07) is 7.19. The highest BCUT2D eigenvalue weighted by molar-refractivity contribution is 6.01. The Kier molecular flexibility index (Phi) is 3.14. The van der Waals surface area contributed by atoms with Crippen LogP contribution in [0.3, 0.4) is 0 Å². The summed E-state index contributed by atoms with van der Waals surface area (Å²) in [6.07, 6.45) is 1.95. The lowest BCUT2D eigenvalue weighted by Gasteiger charge is -2.11. The molecule has 3 heteroatoms. The second-order valence-corrected chi connectivity index (χ2v) is 3.83. The minimum atomic E-state index is -0.0748. The fraction of sp³-hybridized carbons (Fsp3) is 0.417. The first-order valence-corrected chi connectivity index (χ1v) is 5.29. The van der Waals surface area contributed by atoms with Crippen LogP contribution in [0.25, 0.3) is 0 Å². The van der Waals surface area contributed by atoms with Gasteiger partial charge in [-0.25, -0.2) is 0 Å². The molecule has 3 nitrogen and oxygen atoms in total. The number of Topliss-reactive ketones (excluding diaryl/α,β-unsaturated/α-hetero) is 1. The van der Waals surface area contributed by atoms with Gasteiger partial charge in [-0.2, -0.15) is 0 Å². The summed E-state index contributed by atoms with van der Waals surface area (Å²) in [7, 11) is 0. The first kappa shape index (κ1) is 10.3. The highest BCUT2D eigenvalue weighted by atomic mass is 16.3. The van der Waals surface area contributed by atoms with Crippen LogP contribution >= 0.6 is 0 Å². The van der Waals surface area contributed by atoms with Gasteiger partial charge in [0.15, 0.2) is 5.78 Å². The van der Waals surface area contributed by atoms with Gasteiger partial charge >= 0.3 is 0 Å². The van der Waals surface area contributed by atoms with Gasteiger partial charge in [-0.3, -0.25) is 4.79 Å². The van der Waals surface area contributed by atoms with E-state index in [1.807, 2.05) is 12.1 Å². The molecule has 2 rings (SSSR count). The molecular formula is C12H15NO2. The molecule has 15 heavy (non-hydrogen) atoms. The van der Waals surface area contributed by atoms with E-state index in [-0.39, 0.29) is 18.4 Å². The summed E-state index contributed by atoms with van der Waals surface area (Å²) < 4.78 is 0. The number of rotatable bonds is 3. The molecule has 1 saturated heterocycles. The van der Waals surface area contributed by atoms with Crippen molar-refractivity contribution in [3.63, 3.8) is 0 Å². The minimum Gasteiger partial charge on any atom is -0.392 e. The number of nitrogens with one attached hydrogen (secondary N) is 1. The van der Waals surface area contributed by atoms with Crippen LogP contribution in [0.1, 0.15) is 28.8 Å². The second kappa shape index (κ2) is 4.55. The van der Waals surface area contributed by atoms with E-state index in [1.165, 1.54) is 0 Å². The highest BCUT2D eigenvalue weighted by Gasteiger charge is 2.24. The Morgan fingerprint density at radius 1 is 1.47 bits per heavy atom. The van der Waals surface area contributed by atoms with Gasteiger partial charge in [-0.15, -0.1) is 0 Å². The maximum absolute atomic E-state index is 12.1. The predicted molar refractivity (Wildman–Crippen MR) is 57.7 cm³/mol. The molecule has 80 valence electrons. The van der Waals surface area contributed by atoms with E-state index < -0.39 is 0 Å². The fourth-order valence-electron chi connectivity index (χ4n) is 1.99. The zero-order valence-electron chi connectivity index (χ0n) is 8.57. The molecule has 1 aromatic carbocycles. The van der Waals surface area contributed by atoms with Crippen molar-refractivity contribution >= 4 is 5.78 Å². The van der Waals surface area contributed by atoms with Gasteiger partial charge < -0.3 is 10.4 Å². The molecule has 0 saturated carbocycles. The van der Waals surface area contributed by atoms with Gasteiger partial charge in [-0.05, 0) is 24.9 Å². The van der Waals surface area contributed by atoms with Crippen molar-refractivity contribution in [3.05, 3.63) is 35.4 Å². The van der Waals surface area contributed by atoms with Crippen LogP contribution in [0.2, 0.25) is 0 Å². The Morgan fingerprint density at radius 2 is 2.27 bits per heavy atom. The molecule has 0 unspecified atom stereocenters. The van der Waals surface area contributed by atoms with Gasteiger partial charge in [0.25, 0.3) is 0 Å². The zero-order chi connectivity index (χ0) is 10.7. The van der Waals surface area contributed by atoms with Crippen molar-refractivity contribution in [2.75, 3.05) is 6.54 Å². The van der Waals surface area contributed by atoms with Crippen molar-refractivity contribution in [2.45, 2.75) is 25.5 Å². The van der Waals surface area contributed by atoms with E-state index >= 15 is 0 Å². The topological polar surface area (TPSA) is 49.3 Å². The van der Waals surface area contributed by atoms with Gasteiger partial charge in [0.2, 0.25) is 0 Å². The Hall–Kier alpha value is -1.19. The SMILES string of the molecule is O=C(c1ccccc1CO)[C@@H]1CCCN1. The van der Waals surface area contributed by atoms with Gasteiger partial charge in [-0.1, -0.05) is 24.3 Å². The van der Waals surface area contributed by atoms with Gasteiger partial charge in [0.05, 0.1) is 12.6 Å². The zero-order valence-corrected chi connectivity index (χ0v) is 8.57. The number of hydrogen-bond acceptors (Lipinski definition) is 3.